The van der Waals surface area contributed by atoms with E-state index in [0.29, 0.717) is 25.7 Å². The normalized spacial score (nSPS) is 22.4. The monoisotopic (exact) mass is 222 g/mol. The second kappa shape index (κ2) is 5.86. The predicted molar refractivity (Wildman–Crippen MR) is 54.2 cm³/mol. The van der Waals surface area contributed by atoms with Crippen LogP contribution in [0.4, 0.5) is 0 Å². The largest absolute Gasteiger partial charge is 0.474 e. The molecule has 1 rings (SSSR count). The van der Waals surface area contributed by atoms with E-state index in [9.17, 15) is 4.57 Å². The van der Waals surface area contributed by atoms with Crippen LogP contribution in [0.15, 0.2) is 0 Å². The number of hydrogen-bond donors (Lipinski definition) is 0. The van der Waals surface area contributed by atoms with Gasteiger partial charge in [0.1, 0.15) is 0 Å². The van der Waals surface area contributed by atoms with Crippen LogP contribution in [-0.2, 0) is 18.1 Å². The van der Waals surface area contributed by atoms with Gasteiger partial charge in [0.05, 0.1) is 19.8 Å². The minimum Gasteiger partial charge on any atom is -0.287 e. The van der Waals surface area contributed by atoms with E-state index in [-0.39, 0.29) is 0 Å². The van der Waals surface area contributed by atoms with Crippen LogP contribution in [0.1, 0.15) is 33.1 Å². The van der Waals surface area contributed by atoms with Crippen LogP contribution in [0.25, 0.3) is 0 Å². The molecule has 14 heavy (non-hydrogen) atoms. The molecule has 0 aromatic heterocycles. The van der Waals surface area contributed by atoms with Crippen LogP contribution in [0, 0.1) is 5.92 Å². The lowest BCUT2D eigenvalue weighted by molar-refractivity contribution is 0.158. The Morgan fingerprint density at radius 1 is 1.36 bits per heavy atom. The quantitative estimate of drug-likeness (QED) is 0.648. The molecular weight excluding hydrogens is 203 g/mol. The summed E-state index contributed by atoms with van der Waals surface area (Å²) in [6.45, 7) is 5.47. The van der Waals surface area contributed by atoms with Crippen LogP contribution in [0.5, 0.6) is 0 Å². The van der Waals surface area contributed by atoms with E-state index in [4.69, 9.17) is 13.6 Å². The predicted octanol–water partition coefficient (Wildman–Crippen LogP) is 2.98. The van der Waals surface area contributed by atoms with Crippen molar-refractivity contribution >= 4 is 7.82 Å². The van der Waals surface area contributed by atoms with Gasteiger partial charge in [-0.2, -0.15) is 0 Å². The van der Waals surface area contributed by atoms with Crippen LogP contribution in [-0.4, -0.2) is 19.8 Å². The molecule has 0 aliphatic carbocycles. The molecule has 0 N–H and O–H groups in total. The summed E-state index contributed by atoms with van der Waals surface area (Å²) < 4.78 is 26.6. The Morgan fingerprint density at radius 2 is 2.00 bits per heavy atom. The number of phosphoric acid groups is 1. The Bertz CT molecular complexity index is 197. The van der Waals surface area contributed by atoms with Crippen molar-refractivity contribution in [1.29, 1.82) is 0 Å². The molecule has 0 radical (unpaired) electrons. The third-order valence-corrected chi connectivity index (χ3v) is 3.79. The second-order valence-electron chi connectivity index (χ2n) is 3.47. The van der Waals surface area contributed by atoms with Gasteiger partial charge in [-0.15, -0.1) is 0 Å². The smallest absolute Gasteiger partial charge is 0.287 e. The average Bonchev–Trinajstić information content (AvgIpc) is 2.60. The van der Waals surface area contributed by atoms with Crippen LogP contribution >= 0.6 is 7.82 Å². The van der Waals surface area contributed by atoms with Gasteiger partial charge in [0.15, 0.2) is 0 Å². The highest BCUT2D eigenvalue weighted by atomic mass is 31.2. The Kier molecular flexibility index (Phi) is 5.10. The first-order valence-electron chi connectivity index (χ1n) is 5.24. The van der Waals surface area contributed by atoms with Crippen LogP contribution < -0.4 is 0 Å². The van der Waals surface area contributed by atoms with E-state index in [0.717, 1.165) is 19.3 Å². The highest BCUT2D eigenvalue weighted by molar-refractivity contribution is 7.48. The number of rotatable bonds is 6. The molecule has 4 nitrogen and oxygen atoms in total. The summed E-state index contributed by atoms with van der Waals surface area (Å²) in [5.41, 5.74) is 0. The SMILES string of the molecule is CCCC(CC)COP1(=O)OCCO1. The third kappa shape index (κ3) is 3.70. The van der Waals surface area contributed by atoms with Crippen molar-refractivity contribution in [1.82, 2.24) is 0 Å². The summed E-state index contributed by atoms with van der Waals surface area (Å²) in [5.74, 6) is 0.457. The summed E-state index contributed by atoms with van der Waals surface area (Å²) in [6, 6.07) is 0. The molecule has 1 aliphatic rings. The van der Waals surface area contributed by atoms with Crippen molar-refractivity contribution < 1.29 is 18.1 Å². The topological polar surface area (TPSA) is 44.8 Å². The van der Waals surface area contributed by atoms with Gasteiger partial charge in [-0.05, 0) is 12.3 Å². The summed E-state index contributed by atoms with van der Waals surface area (Å²) in [5, 5.41) is 0. The van der Waals surface area contributed by atoms with E-state index < -0.39 is 7.82 Å². The Labute approximate surface area is 85.5 Å². The maximum absolute atomic E-state index is 11.6. The van der Waals surface area contributed by atoms with Gasteiger partial charge in [-0.1, -0.05) is 26.7 Å². The van der Waals surface area contributed by atoms with Crippen molar-refractivity contribution in [3.05, 3.63) is 0 Å². The van der Waals surface area contributed by atoms with E-state index in [1.165, 1.54) is 0 Å². The highest BCUT2D eigenvalue weighted by Gasteiger charge is 2.32. The van der Waals surface area contributed by atoms with Gasteiger partial charge < -0.3 is 0 Å². The van der Waals surface area contributed by atoms with Gasteiger partial charge in [-0.3, -0.25) is 13.6 Å². The maximum atomic E-state index is 11.6. The molecule has 0 aromatic rings. The minimum absolute atomic E-state index is 0.377. The molecule has 0 amide bonds. The number of phosphoric ester groups is 1. The van der Waals surface area contributed by atoms with E-state index in [1.807, 2.05) is 0 Å². The lowest BCUT2D eigenvalue weighted by Gasteiger charge is -2.16. The zero-order valence-corrected chi connectivity index (χ0v) is 9.79. The zero-order chi connectivity index (χ0) is 10.4. The highest BCUT2D eigenvalue weighted by Crippen LogP contribution is 2.53. The maximum Gasteiger partial charge on any atom is 0.474 e. The molecular formula is C9H19O4P. The van der Waals surface area contributed by atoms with E-state index in [1.54, 1.807) is 0 Å². The Morgan fingerprint density at radius 3 is 2.50 bits per heavy atom. The Balaban J connectivity index is 2.26. The molecule has 1 unspecified atom stereocenters. The molecule has 1 saturated heterocycles. The first kappa shape index (κ1) is 12.2. The summed E-state index contributed by atoms with van der Waals surface area (Å²) in [7, 11) is -3.16. The fraction of sp³-hybridized carbons (Fsp3) is 1.00. The van der Waals surface area contributed by atoms with E-state index >= 15 is 0 Å². The molecule has 1 atom stereocenters. The van der Waals surface area contributed by atoms with Crippen molar-refractivity contribution in [2.45, 2.75) is 33.1 Å². The van der Waals surface area contributed by atoms with Crippen molar-refractivity contribution in [3.63, 3.8) is 0 Å². The van der Waals surface area contributed by atoms with Gasteiger partial charge in [0.25, 0.3) is 0 Å². The van der Waals surface area contributed by atoms with Crippen molar-refractivity contribution in [2.75, 3.05) is 19.8 Å². The molecule has 0 aromatic carbocycles. The Hall–Kier alpha value is 0.110. The summed E-state index contributed by atoms with van der Waals surface area (Å²) in [4.78, 5) is 0. The molecule has 0 bridgehead atoms. The molecule has 1 heterocycles. The van der Waals surface area contributed by atoms with Crippen LogP contribution in [0.2, 0.25) is 0 Å². The minimum atomic E-state index is -3.16. The molecule has 1 fully saturated rings. The van der Waals surface area contributed by atoms with Gasteiger partial charge in [0.2, 0.25) is 0 Å². The third-order valence-electron chi connectivity index (χ3n) is 2.32. The van der Waals surface area contributed by atoms with Crippen LogP contribution in [0.3, 0.4) is 0 Å². The lowest BCUT2D eigenvalue weighted by atomic mass is 10.0. The van der Waals surface area contributed by atoms with E-state index in [2.05, 4.69) is 13.8 Å². The first-order chi connectivity index (χ1) is 6.70. The molecule has 84 valence electrons. The van der Waals surface area contributed by atoms with Crippen molar-refractivity contribution in [3.8, 4) is 0 Å². The fourth-order valence-electron chi connectivity index (χ4n) is 1.42. The van der Waals surface area contributed by atoms with Gasteiger partial charge in [-0.25, -0.2) is 4.57 Å². The average molecular weight is 222 g/mol. The zero-order valence-electron chi connectivity index (χ0n) is 8.90. The summed E-state index contributed by atoms with van der Waals surface area (Å²) >= 11 is 0. The first-order valence-corrected chi connectivity index (χ1v) is 6.70. The van der Waals surface area contributed by atoms with Gasteiger partial charge in [0, 0.05) is 0 Å². The second-order valence-corrected chi connectivity index (χ2v) is 5.14. The fourth-order valence-corrected chi connectivity index (χ4v) is 2.63. The lowest BCUT2D eigenvalue weighted by Crippen LogP contribution is -2.07. The standard InChI is InChI=1S/C9H19O4P/c1-3-5-9(4-2)8-13-14(10)11-6-7-12-14/h9H,3-8H2,1-2H3. The molecule has 1 aliphatic heterocycles. The van der Waals surface area contributed by atoms with Crippen molar-refractivity contribution in [2.24, 2.45) is 5.92 Å². The summed E-state index contributed by atoms with van der Waals surface area (Å²) in [6.07, 6.45) is 3.25. The molecule has 5 heteroatoms. The molecule has 0 saturated carbocycles. The number of hydrogen-bond acceptors (Lipinski definition) is 4. The van der Waals surface area contributed by atoms with Gasteiger partial charge >= 0.3 is 7.82 Å². The molecule has 0 spiro atoms.